The van der Waals surface area contributed by atoms with Gasteiger partial charge in [-0.1, -0.05) is 0 Å². The summed E-state index contributed by atoms with van der Waals surface area (Å²) in [5.74, 6) is -0.913. The average Bonchev–Trinajstić information content (AvgIpc) is 2.36. The van der Waals surface area contributed by atoms with Gasteiger partial charge in [-0.2, -0.15) is 0 Å². The molecule has 8 heteroatoms. The molecule has 1 heterocycles. The van der Waals surface area contributed by atoms with Crippen molar-refractivity contribution in [2.45, 2.75) is 51.7 Å². The molecule has 23 heavy (non-hydrogen) atoms. The summed E-state index contributed by atoms with van der Waals surface area (Å²) in [5.41, 5.74) is 0.123. The van der Waals surface area contributed by atoms with Gasteiger partial charge < -0.3 is 15.2 Å². The number of carbonyl (C=O) groups is 2. The van der Waals surface area contributed by atoms with Crippen molar-refractivity contribution in [3.05, 3.63) is 26.9 Å². The zero-order valence-electron chi connectivity index (χ0n) is 13.2. The number of pyridine rings is 1. The van der Waals surface area contributed by atoms with Gasteiger partial charge in [0.25, 0.3) is 0 Å². The van der Waals surface area contributed by atoms with E-state index in [0.29, 0.717) is 12.8 Å². The van der Waals surface area contributed by atoms with E-state index in [-0.39, 0.29) is 12.5 Å². The van der Waals surface area contributed by atoms with E-state index < -0.39 is 17.7 Å². The summed E-state index contributed by atoms with van der Waals surface area (Å²) in [5, 5.41) is 11.6. The molecule has 0 saturated carbocycles. The number of rotatable bonds is 6. The number of aliphatic carboxylic acids is 1. The lowest BCUT2D eigenvalue weighted by molar-refractivity contribution is -0.137. The number of ether oxygens (including phenoxy) is 1. The maximum Gasteiger partial charge on any atom is 0.407 e. The summed E-state index contributed by atoms with van der Waals surface area (Å²) in [4.78, 5) is 27.0. The molecule has 0 aliphatic rings. The number of hydrogen-bond donors (Lipinski definition) is 2. The lowest BCUT2D eigenvalue weighted by Crippen LogP contribution is -2.40. The van der Waals surface area contributed by atoms with E-state index in [4.69, 9.17) is 9.84 Å². The molecule has 0 radical (unpaired) electrons. The largest absolute Gasteiger partial charge is 0.481 e. The third kappa shape index (κ3) is 8.31. The Labute approximate surface area is 152 Å². The number of hydrogen-bond acceptors (Lipinski definition) is 4. The van der Waals surface area contributed by atoms with Crippen molar-refractivity contribution in [3.8, 4) is 0 Å². The Morgan fingerprint density at radius 2 is 2.04 bits per heavy atom. The highest BCUT2D eigenvalue weighted by molar-refractivity contribution is 9.11. The number of halogens is 2. The van der Waals surface area contributed by atoms with Crippen LogP contribution >= 0.6 is 31.9 Å². The van der Waals surface area contributed by atoms with E-state index in [2.05, 4.69) is 42.2 Å². The van der Waals surface area contributed by atoms with Crippen molar-refractivity contribution in [3.63, 3.8) is 0 Å². The van der Waals surface area contributed by atoms with Crippen LogP contribution in [0.2, 0.25) is 0 Å². The first-order valence-corrected chi connectivity index (χ1v) is 8.66. The van der Waals surface area contributed by atoms with Gasteiger partial charge in [0.15, 0.2) is 0 Å². The SMILES string of the molecule is CC(C)(C)OC(=O)NC(CCC(=O)O)Cc1ncc(Br)cc1Br. The van der Waals surface area contributed by atoms with Crippen LogP contribution in [0.5, 0.6) is 0 Å². The molecule has 0 aliphatic heterocycles. The molecule has 1 unspecified atom stereocenters. The predicted molar refractivity (Wildman–Crippen MR) is 93.4 cm³/mol. The Morgan fingerprint density at radius 3 is 2.57 bits per heavy atom. The van der Waals surface area contributed by atoms with E-state index in [0.717, 1.165) is 14.6 Å². The Morgan fingerprint density at radius 1 is 1.39 bits per heavy atom. The normalized spacial score (nSPS) is 12.6. The van der Waals surface area contributed by atoms with Gasteiger partial charge >= 0.3 is 12.1 Å². The number of aromatic nitrogens is 1. The van der Waals surface area contributed by atoms with Crippen LogP contribution in [0.4, 0.5) is 4.79 Å². The molecule has 6 nitrogen and oxygen atoms in total. The second-order valence-corrected chi connectivity index (χ2v) is 7.83. The van der Waals surface area contributed by atoms with Crippen LogP contribution in [0.15, 0.2) is 21.2 Å². The molecule has 0 saturated heterocycles. The fourth-order valence-electron chi connectivity index (χ4n) is 1.82. The Hall–Kier alpha value is -1.15. The van der Waals surface area contributed by atoms with E-state index in [1.165, 1.54) is 0 Å². The maximum absolute atomic E-state index is 11.9. The highest BCUT2D eigenvalue weighted by Crippen LogP contribution is 2.21. The Kier molecular flexibility index (Phi) is 7.47. The van der Waals surface area contributed by atoms with E-state index in [1.807, 2.05) is 6.07 Å². The molecule has 0 spiro atoms. The van der Waals surface area contributed by atoms with Crippen molar-refractivity contribution < 1.29 is 19.4 Å². The van der Waals surface area contributed by atoms with Crippen LogP contribution in [0.3, 0.4) is 0 Å². The molecule has 1 aromatic heterocycles. The standard InChI is InChI=1S/C15H20Br2N2O4/c1-15(2,3)23-14(22)19-10(4-5-13(20)21)7-12-11(17)6-9(16)8-18-12/h6,8,10H,4-5,7H2,1-3H3,(H,19,22)(H,20,21). The van der Waals surface area contributed by atoms with E-state index >= 15 is 0 Å². The molecule has 1 rings (SSSR count). The third-order valence-electron chi connectivity index (χ3n) is 2.75. The Bertz CT molecular complexity index is 573. The van der Waals surface area contributed by atoms with Crippen molar-refractivity contribution in [1.82, 2.24) is 10.3 Å². The average molecular weight is 452 g/mol. The van der Waals surface area contributed by atoms with Crippen LogP contribution < -0.4 is 5.32 Å². The van der Waals surface area contributed by atoms with Crippen LogP contribution in [-0.2, 0) is 16.0 Å². The molecular formula is C15H20Br2N2O4. The highest BCUT2D eigenvalue weighted by Gasteiger charge is 2.21. The minimum absolute atomic E-state index is 0.0470. The molecule has 0 aromatic carbocycles. The second kappa shape index (κ2) is 8.63. The summed E-state index contributed by atoms with van der Waals surface area (Å²) in [7, 11) is 0. The van der Waals surface area contributed by atoms with Gasteiger partial charge in [0.2, 0.25) is 0 Å². The molecule has 0 bridgehead atoms. The Balaban J connectivity index is 2.79. The fourth-order valence-corrected chi connectivity index (χ4v) is 2.97. The molecule has 1 aromatic rings. The molecule has 1 atom stereocenters. The molecular weight excluding hydrogens is 432 g/mol. The summed E-state index contributed by atoms with van der Waals surface area (Å²) < 4.78 is 6.84. The minimum Gasteiger partial charge on any atom is -0.481 e. The summed E-state index contributed by atoms with van der Waals surface area (Å²) in [6, 6.07) is 1.47. The second-order valence-electron chi connectivity index (χ2n) is 6.06. The number of nitrogens with one attached hydrogen (secondary N) is 1. The van der Waals surface area contributed by atoms with E-state index in [1.54, 1.807) is 27.0 Å². The lowest BCUT2D eigenvalue weighted by atomic mass is 10.1. The van der Waals surface area contributed by atoms with Crippen LogP contribution in [0.25, 0.3) is 0 Å². The van der Waals surface area contributed by atoms with Gasteiger partial charge in [-0.3, -0.25) is 9.78 Å². The topological polar surface area (TPSA) is 88.5 Å². The molecule has 2 N–H and O–H groups in total. The summed E-state index contributed by atoms with van der Waals surface area (Å²) in [6.45, 7) is 5.31. The van der Waals surface area contributed by atoms with Gasteiger partial charge in [0.1, 0.15) is 5.60 Å². The number of carboxylic acids is 1. The van der Waals surface area contributed by atoms with Gasteiger partial charge in [0, 0.05) is 34.0 Å². The number of carboxylic acid groups (broad SMARTS) is 1. The summed E-state index contributed by atoms with van der Waals surface area (Å²) in [6.07, 6.45) is 1.73. The van der Waals surface area contributed by atoms with E-state index in [9.17, 15) is 9.59 Å². The number of nitrogens with zero attached hydrogens (tertiary/aromatic N) is 1. The van der Waals surface area contributed by atoms with Gasteiger partial charge in [-0.05, 0) is 65.1 Å². The number of amides is 1. The smallest absolute Gasteiger partial charge is 0.407 e. The number of alkyl carbamates (subject to hydrolysis) is 1. The molecule has 1 amide bonds. The minimum atomic E-state index is -0.913. The molecule has 0 aliphatic carbocycles. The van der Waals surface area contributed by atoms with Crippen molar-refractivity contribution >= 4 is 43.9 Å². The highest BCUT2D eigenvalue weighted by atomic mass is 79.9. The zero-order chi connectivity index (χ0) is 17.6. The quantitative estimate of drug-likeness (QED) is 0.684. The first-order valence-electron chi connectivity index (χ1n) is 7.08. The summed E-state index contributed by atoms with van der Waals surface area (Å²) >= 11 is 6.74. The van der Waals surface area contributed by atoms with Crippen LogP contribution in [-0.4, -0.2) is 33.8 Å². The van der Waals surface area contributed by atoms with Crippen molar-refractivity contribution in [2.24, 2.45) is 0 Å². The fraction of sp³-hybridized carbons (Fsp3) is 0.533. The van der Waals surface area contributed by atoms with Crippen LogP contribution in [0, 0.1) is 0 Å². The van der Waals surface area contributed by atoms with Gasteiger partial charge in [-0.15, -0.1) is 0 Å². The third-order valence-corrected chi connectivity index (χ3v) is 3.87. The maximum atomic E-state index is 11.9. The lowest BCUT2D eigenvalue weighted by Gasteiger charge is -2.23. The van der Waals surface area contributed by atoms with Gasteiger partial charge in [-0.25, -0.2) is 4.79 Å². The molecule has 128 valence electrons. The van der Waals surface area contributed by atoms with Crippen molar-refractivity contribution in [2.75, 3.05) is 0 Å². The monoisotopic (exact) mass is 450 g/mol. The van der Waals surface area contributed by atoms with Crippen molar-refractivity contribution in [1.29, 1.82) is 0 Å². The zero-order valence-corrected chi connectivity index (χ0v) is 16.4. The van der Waals surface area contributed by atoms with Gasteiger partial charge in [0.05, 0.1) is 5.69 Å². The predicted octanol–water partition coefficient (Wildman–Crippen LogP) is 3.91. The first-order chi connectivity index (χ1) is 10.6. The first kappa shape index (κ1) is 19.9. The number of carbonyl (C=O) groups excluding carboxylic acids is 1. The van der Waals surface area contributed by atoms with Crippen LogP contribution in [0.1, 0.15) is 39.3 Å². The molecule has 0 fully saturated rings.